The fourth-order valence-corrected chi connectivity index (χ4v) is 1.95. The largest absolute Gasteiger partial charge is 0.341 e. The monoisotopic (exact) mass is 211 g/mol. The van der Waals surface area contributed by atoms with Crippen LogP contribution in [-0.4, -0.2) is 35.5 Å². The summed E-state index contributed by atoms with van der Waals surface area (Å²) in [4.78, 5) is 35.4. The highest BCUT2D eigenvalue weighted by molar-refractivity contribution is 5.84. The molecule has 15 heavy (non-hydrogen) atoms. The third-order valence-electron chi connectivity index (χ3n) is 3.05. The highest BCUT2D eigenvalue weighted by atomic mass is 16.2. The normalized spacial score (nSPS) is 26.2. The zero-order valence-corrected chi connectivity index (χ0v) is 9.45. The van der Waals surface area contributed by atoms with Gasteiger partial charge in [0.2, 0.25) is 5.91 Å². The van der Waals surface area contributed by atoms with E-state index in [4.69, 9.17) is 0 Å². The summed E-state index contributed by atoms with van der Waals surface area (Å²) >= 11 is 0. The highest BCUT2D eigenvalue weighted by Crippen LogP contribution is 2.23. The quantitative estimate of drug-likeness (QED) is 0.674. The Morgan fingerprint density at radius 1 is 0.933 bits per heavy atom. The number of nitrogens with zero attached hydrogens (tertiary/aromatic N) is 1. The molecule has 1 saturated heterocycles. The number of carbonyl (C=O) groups excluding carboxylic acids is 3. The number of piperidine rings is 1. The second-order valence-corrected chi connectivity index (χ2v) is 4.27. The van der Waals surface area contributed by atoms with E-state index in [1.807, 2.05) is 0 Å². The van der Waals surface area contributed by atoms with Gasteiger partial charge in [0.05, 0.1) is 0 Å². The molecular formula is C11H17NO3. The van der Waals surface area contributed by atoms with Gasteiger partial charge in [-0.2, -0.15) is 0 Å². The Morgan fingerprint density at radius 2 is 1.33 bits per heavy atom. The first kappa shape index (κ1) is 11.9. The molecule has 0 radical (unpaired) electrons. The van der Waals surface area contributed by atoms with E-state index < -0.39 is 0 Å². The van der Waals surface area contributed by atoms with E-state index in [-0.39, 0.29) is 29.3 Å². The number of hydrogen-bond acceptors (Lipinski definition) is 3. The predicted octanol–water partition coefficient (Wildman–Crippen LogP) is 0.649. The molecule has 0 aromatic carbocycles. The third-order valence-corrected chi connectivity index (χ3v) is 3.05. The van der Waals surface area contributed by atoms with Crippen molar-refractivity contribution in [1.82, 2.24) is 4.90 Å². The molecule has 2 atom stereocenters. The first-order valence-corrected chi connectivity index (χ1v) is 5.18. The first-order valence-electron chi connectivity index (χ1n) is 5.18. The van der Waals surface area contributed by atoms with Crippen molar-refractivity contribution in [2.45, 2.75) is 27.2 Å². The van der Waals surface area contributed by atoms with E-state index in [0.29, 0.717) is 19.5 Å². The summed E-state index contributed by atoms with van der Waals surface area (Å²) in [7, 11) is 0. The van der Waals surface area contributed by atoms with Crippen LogP contribution in [-0.2, 0) is 14.4 Å². The topological polar surface area (TPSA) is 54.5 Å². The van der Waals surface area contributed by atoms with Crippen LogP contribution in [0.4, 0.5) is 0 Å². The van der Waals surface area contributed by atoms with Crippen molar-refractivity contribution in [3.8, 4) is 0 Å². The summed E-state index contributed by atoms with van der Waals surface area (Å²) in [5, 5.41) is 0. The van der Waals surface area contributed by atoms with Gasteiger partial charge in [-0.3, -0.25) is 14.4 Å². The molecule has 1 rings (SSSR count). The fraction of sp³-hybridized carbons (Fsp3) is 0.727. The van der Waals surface area contributed by atoms with Crippen LogP contribution in [0.2, 0.25) is 0 Å². The van der Waals surface area contributed by atoms with Crippen molar-refractivity contribution in [3.05, 3.63) is 0 Å². The summed E-state index contributed by atoms with van der Waals surface area (Å²) in [6, 6.07) is 0. The van der Waals surface area contributed by atoms with E-state index in [9.17, 15) is 14.4 Å². The van der Waals surface area contributed by atoms with Crippen molar-refractivity contribution in [1.29, 1.82) is 0 Å². The number of carbonyl (C=O) groups is 3. The van der Waals surface area contributed by atoms with E-state index in [1.165, 1.54) is 20.8 Å². The SMILES string of the molecule is CC(=O)C1CC(C(C)=O)CN(C(C)=O)C1. The second-order valence-electron chi connectivity index (χ2n) is 4.27. The van der Waals surface area contributed by atoms with E-state index in [2.05, 4.69) is 0 Å². The van der Waals surface area contributed by atoms with E-state index in [1.54, 1.807) is 4.90 Å². The number of likely N-dealkylation sites (tertiary alicyclic amines) is 1. The summed E-state index contributed by atoms with van der Waals surface area (Å²) in [6.45, 7) is 5.44. The van der Waals surface area contributed by atoms with Crippen LogP contribution in [0.3, 0.4) is 0 Å². The summed E-state index contributed by atoms with van der Waals surface area (Å²) in [6.07, 6.45) is 0.592. The Morgan fingerprint density at radius 3 is 1.60 bits per heavy atom. The van der Waals surface area contributed by atoms with Crippen LogP contribution < -0.4 is 0 Å². The van der Waals surface area contributed by atoms with Crippen molar-refractivity contribution < 1.29 is 14.4 Å². The van der Waals surface area contributed by atoms with Crippen molar-refractivity contribution in [2.24, 2.45) is 11.8 Å². The molecule has 0 saturated carbocycles. The van der Waals surface area contributed by atoms with Crippen LogP contribution in [0.15, 0.2) is 0 Å². The molecule has 0 N–H and O–H groups in total. The van der Waals surface area contributed by atoms with Gasteiger partial charge >= 0.3 is 0 Å². The zero-order chi connectivity index (χ0) is 11.6. The minimum absolute atomic E-state index is 0.0622. The Kier molecular flexibility index (Phi) is 3.61. The van der Waals surface area contributed by atoms with Gasteiger partial charge in [-0.25, -0.2) is 0 Å². The smallest absolute Gasteiger partial charge is 0.219 e. The molecule has 2 unspecified atom stereocenters. The molecule has 1 aliphatic heterocycles. The molecule has 1 aliphatic rings. The van der Waals surface area contributed by atoms with E-state index >= 15 is 0 Å². The number of amides is 1. The minimum atomic E-state index is -0.170. The van der Waals surface area contributed by atoms with Crippen LogP contribution in [0.1, 0.15) is 27.2 Å². The lowest BCUT2D eigenvalue weighted by Gasteiger charge is -2.35. The standard InChI is InChI=1S/C11H17NO3/c1-7(13)10-4-11(8(2)14)6-12(5-10)9(3)15/h10-11H,4-6H2,1-3H3. The average Bonchev–Trinajstić information content (AvgIpc) is 2.16. The first-order chi connectivity index (χ1) is 6.91. The maximum absolute atomic E-state index is 11.3. The summed E-state index contributed by atoms with van der Waals surface area (Å²) < 4.78 is 0. The molecule has 84 valence electrons. The van der Waals surface area contributed by atoms with E-state index in [0.717, 1.165) is 0 Å². The predicted molar refractivity (Wildman–Crippen MR) is 55.2 cm³/mol. The molecule has 0 aromatic rings. The molecule has 0 aliphatic carbocycles. The van der Waals surface area contributed by atoms with Gasteiger partial charge < -0.3 is 4.90 Å². The number of ketones is 2. The van der Waals surface area contributed by atoms with Gasteiger partial charge in [-0.1, -0.05) is 0 Å². The molecule has 1 amide bonds. The average molecular weight is 211 g/mol. The number of Topliss-reactive ketones (excluding diaryl/α,β-unsaturated/α-hetero) is 2. The zero-order valence-electron chi connectivity index (χ0n) is 9.45. The molecule has 4 heteroatoms. The molecule has 0 spiro atoms. The highest BCUT2D eigenvalue weighted by Gasteiger charge is 2.32. The van der Waals surface area contributed by atoms with Gasteiger partial charge in [0.1, 0.15) is 11.6 Å². The summed E-state index contributed by atoms with van der Waals surface area (Å²) in [5.74, 6) is -0.278. The number of hydrogen-bond donors (Lipinski definition) is 0. The molecule has 0 aromatic heterocycles. The van der Waals surface area contributed by atoms with Crippen LogP contribution in [0.5, 0.6) is 0 Å². The Labute approximate surface area is 89.6 Å². The van der Waals surface area contributed by atoms with Crippen molar-refractivity contribution >= 4 is 17.5 Å². The lowest BCUT2D eigenvalue weighted by molar-refractivity contribution is -0.136. The maximum atomic E-state index is 11.3. The van der Waals surface area contributed by atoms with Gasteiger partial charge in [0.25, 0.3) is 0 Å². The Hall–Kier alpha value is -1.19. The molecule has 1 heterocycles. The van der Waals surface area contributed by atoms with Gasteiger partial charge in [-0.05, 0) is 20.3 Å². The van der Waals surface area contributed by atoms with Gasteiger partial charge in [0, 0.05) is 31.8 Å². The second kappa shape index (κ2) is 4.55. The fourth-order valence-electron chi connectivity index (χ4n) is 1.95. The maximum Gasteiger partial charge on any atom is 0.219 e. The molecule has 1 fully saturated rings. The summed E-state index contributed by atoms with van der Waals surface area (Å²) in [5.41, 5.74) is 0. The lowest BCUT2D eigenvalue weighted by Crippen LogP contribution is -2.46. The molecule has 0 bridgehead atoms. The molecule has 4 nitrogen and oxygen atoms in total. The Balaban J connectivity index is 2.77. The minimum Gasteiger partial charge on any atom is -0.341 e. The lowest BCUT2D eigenvalue weighted by atomic mass is 9.85. The van der Waals surface area contributed by atoms with Crippen LogP contribution >= 0.6 is 0 Å². The van der Waals surface area contributed by atoms with Crippen LogP contribution in [0, 0.1) is 11.8 Å². The Bertz CT molecular complexity index is 245. The van der Waals surface area contributed by atoms with Gasteiger partial charge in [-0.15, -0.1) is 0 Å². The van der Waals surface area contributed by atoms with Crippen molar-refractivity contribution in [3.63, 3.8) is 0 Å². The van der Waals surface area contributed by atoms with Crippen molar-refractivity contribution in [2.75, 3.05) is 13.1 Å². The third kappa shape index (κ3) is 2.88. The van der Waals surface area contributed by atoms with Crippen LogP contribution in [0.25, 0.3) is 0 Å². The molecular weight excluding hydrogens is 194 g/mol. The van der Waals surface area contributed by atoms with Gasteiger partial charge in [0.15, 0.2) is 0 Å². The number of rotatable bonds is 2.